The van der Waals surface area contributed by atoms with Crippen LogP contribution in [-0.2, 0) is 19.1 Å². The van der Waals surface area contributed by atoms with Gasteiger partial charge in [0, 0.05) is 41.8 Å². The highest BCUT2D eigenvalue weighted by molar-refractivity contribution is 5.97. The molecule has 0 aliphatic heterocycles. The van der Waals surface area contributed by atoms with E-state index < -0.39 is 18.0 Å². The first-order chi connectivity index (χ1) is 14.2. The van der Waals surface area contributed by atoms with Crippen LogP contribution in [0.25, 0.3) is 6.08 Å². The number of carbonyl (C=O) groups is 3. The molecule has 1 aromatic heterocycles. The van der Waals surface area contributed by atoms with Crippen LogP contribution in [0.4, 0.5) is 11.4 Å². The lowest BCUT2D eigenvalue weighted by atomic mass is 10.2. The molecule has 0 saturated heterocycles. The van der Waals surface area contributed by atoms with Crippen molar-refractivity contribution in [3.8, 4) is 0 Å². The number of ether oxygens (including phenoxy) is 1. The van der Waals surface area contributed by atoms with Crippen LogP contribution in [0.15, 0.2) is 36.4 Å². The molecular weight excluding hydrogens is 382 g/mol. The quantitative estimate of drug-likeness (QED) is 0.535. The van der Waals surface area contributed by atoms with Crippen molar-refractivity contribution in [1.29, 1.82) is 0 Å². The van der Waals surface area contributed by atoms with E-state index >= 15 is 0 Å². The summed E-state index contributed by atoms with van der Waals surface area (Å²) in [7, 11) is 0. The van der Waals surface area contributed by atoms with Gasteiger partial charge in [-0.3, -0.25) is 9.59 Å². The number of hydrogen-bond acceptors (Lipinski definition) is 4. The van der Waals surface area contributed by atoms with Gasteiger partial charge in [0.15, 0.2) is 6.10 Å². The van der Waals surface area contributed by atoms with Gasteiger partial charge >= 0.3 is 5.97 Å². The van der Waals surface area contributed by atoms with E-state index in [0.29, 0.717) is 17.4 Å². The zero-order valence-corrected chi connectivity index (χ0v) is 17.7. The fourth-order valence-corrected chi connectivity index (χ4v) is 3.37. The summed E-state index contributed by atoms with van der Waals surface area (Å²) in [6.07, 6.45) is 4.53. The molecule has 1 heterocycles. The van der Waals surface area contributed by atoms with Gasteiger partial charge < -0.3 is 19.9 Å². The lowest BCUT2D eigenvalue weighted by molar-refractivity contribution is -0.148. The average Bonchev–Trinajstić information content (AvgIpc) is 3.46. The van der Waals surface area contributed by atoms with E-state index in [4.69, 9.17) is 4.74 Å². The van der Waals surface area contributed by atoms with Gasteiger partial charge in [-0.15, -0.1) is 0 Å². The first kappa shape index (κ1) is 21.4. The molecule has 1 saturated carbocycles. The molecule has 0 unspecified atom stereocenters. The number of aromatic nitrogens is 1. The van der Waals surface area contributed by atoms with E-state index in [1.807, 2.05) is 6.92 Å². The largest absolute Gasteiger partial charge is 0.449 e. The summed E-state index contributed by atoms with van der Waals surface area (Å²) in [5.74, 6) is -1.18. The van der Waals surface area contributed by atoms with Gasteiger partial charge in [0.2, 0.25) is 5.91 Å². The lowest BCUT2D eigenvalue weighted by Gasteiger charge is -2.12. The minimum atomic E-state index is -0.948. The minimum Gasteiger partial charge on any atom is -0.449 e. The monoisotopic (exact) mass is 409 g/mol. The van der Waals surface area contributed by atoms with Crippen molar-refractivity contribution >= 4 is 35.2 Å². The maximum Gasteiger partial charge on any atom is 0.331 e. The molecule has 1 aliphatic rings. The number of rotatable bonds is 7. The van der Waals surface area contributed by atoms with Gasteiger partial charge in [-0.05, 0) is 75.6 Å². The summed E-state index contributed by atoms with van der Waals surface area (Å²) in [4.78, 5) is 35.5. The SMILES string of the molecule is CC(=O)Nc1ccc(NC(=O)[C@@H](C)OC(=O)/C=C/c2cc(C)n(C3CC3)c2C)cc1. The normalized spacial score (nSPS) is 14.4. The first-order valence-corrected chi connectivity index (χ1v) is 10.00. The third-order valence-corrected chi connectivity index (χ3v) is 4.97. The summed E-state index contributed by atoms with van der Waals surface area (Å²) in [5, 5.41) is 5.33. The minimum absolute atomic E-state index is 0.171. The molecule has 2 amide bonds. The Hall–Kier alpha value is -3.35. The van der Waals surface area contributed by atoms with Crippen LogP contribution in [0.1, 0.15) is 49.7 Å². The molecule has 0 bridgehead atoms. The van der Waals surface area contributed by atoms with Gasteiger partial charge in [0.05, 0.1) is 0 Å². The Morgan fingerprint density at radius 3 is 2.27 bits per heavy atom. The maximum absolute atomic E-state index is 12.3. The molecule has 1 aliphatic carbocycles. The highest BCUT2D eigenvalue weighted by atomic mass is 16.5. The number of carbonyl (C=O) groups excluding carboxylic acids is 3. The number of amides is 2. The molecule has 2 aromatic rings. The highest BCUT2D eigenvalue weighted by Gasteiger charge is 2.26. The van der Waals surface area contributed by atoms with Crippen molar-refractivity contribution in [2.24, 2.45) is 0 Å². The van der Waals surface area contributed by atoms with Crippen molar-refractivity contribution in [2.75, 3.05) is 10.6 Å². The topological polar surface area (TPSA) is 89.4 Å². The van der Waals surface area contributed by atoms with Crippen LogP contribution in [0, 0.1) is 13.8 Å². The highest BCUT2D eigenvalue weighted by Crippen LogP contribution is 2.38. The predicted octanol–water partition coefficient (Wildman–Crippen LogP) is 3.98. The van der Waals surface area contributed by atoms with Gasteiger partial charge in [0.25, 0.3) is 5.91 Å². The third kappa shape index (κ3) is 5.37. The van der Waals surface area contributed by atoms with Crippen molar-refractivity contribution < 1.29 is 19.1 Å². The number of aryl methyl sites for hydroxylation is 1. The molecule has 158 valence electrons. The maximum atomic E-state index is 12.3. The molecule has 1 aromatic carbocycles. The smallest absolute Gasteiger partial charge is 0.331 e. The lowest BCUT2D eigenvalue weighted by Crippen LogP contribution is -2.29. The fraction of sp³-hybridized carbons (Fsp3) is 0.348. The number of anilines is 2. The zero-order valence-electron chi connectivity index (χ0n) is 17.7. The zero-order chi connectivity index (χ0) is 21.8. The molecule has 7 nitrogen and oxygen atoms in total. The number of hydrogen-bond donors (Lipinski definition) is 2. The van der Waals surface area contributed by atoms with Gasteiger partial charge in [0.1, 0.15) is 0 Å². The third-order valence-electron chi connectivity index (χ3n) is 4.97. The average molecular weight is 409 g/mol. The first-order valence-electron chi connectivity index (χ1n) is 10.00. The van der Waals surface area contributed by atoms with Crippen LogP contribution in [0.2, 0.25) is 0 Å². The molecule has 0 radical (unpaired) electrons. The summed E-state index contributed by atoms with van der Waals surface area (Å²) < 4.78 is 7.52. The molecule has 7 heteroatoms. The van der Waals surface area contributed by atoms with Crippen LogP contribution >= 0.6 is 0 Å². The van der Waals surface area contributed by atoms with Crippen molar-refractivity contribution in [3.05, 3.63) is 53.4 Å². The molecule has 2 N–H and O–H groups in total. The summed E-state index contributed by atoms with van der Waals surface area (Å²) in [6.45, 7) is 7.05. The number of nitrogens with one attached hydrogen (secondary N) is 2. The molecule has 1 atom stereocenters. The van der Waals surface area contributed by atoms with Crippen LogP contribution in [0.5, 0.6) is 0 Å². The molecule has 0 spiro atoms. The predicted molar refractivity (Wildman–Crippen MR) is 116 cm³/mol. The number of esters is 1. The standard InChI is InChI=1S/C23H27N3O4/c1-14-13-18(15(2)26(14)21-10-11-21)5-12-22(28)30-16(3)23(29)25-20-8-6-19(7-9-20)24-17(4)27/h5-9,12-13,16,21H,10-11H2,1-4H3,(H,24,27)(H,25,29)/b12-5+/t16-/m1/s1. The molecule has 3 rings (SSSR count). The second kappa shape index (κ2) is 8.98. The van der Waals surface area contributed by atoms with Gasteiger partial charge in [-0.25, -0.2) is 4.79 Å². The summed E-state index contributed by atoms with van der Waals surface area (Å²) >= 11 is 0. The Balaban J connectivity index is 1.53. The van der Waals surface area contributed by atoms with E-state index in [1.54, 1.807) is 30.3 Å². The van der Waals surface area contributed by atoms with Crippen molar-refractivity contribution in [2.45, 2.75) is 52.7 Å². The summed E-state index contributed by atoms with van der Waals surface area (Å²) in [5.41, 5.74) is 4.46. The summed E-state index contributed by atoms with van der Waals surface area (Å²) in [6, 6.07) is 9.30. The Morgan fingerprint density at radius 2 is 1.70 bits per heavy atom. The van der Waals surface area contributed by atoms with Crippen molar-refractivity contribution in [1.82, 2.24) is 4.57 Å². The van der Waals surface area contributed by atoms with E-state index in [0.717, 1.165) is 11.3 Å². The number of nitrogens with zero attached hydrogens (tertiary/aromatic N) is 1. The fourth-order valence-electron chi connectivity index (χ4n) is 3.37. The molecule has 1 fully saturated rings. The Labute approximate surface area is 176 Å². The second-order valence-electron chi connectivity index (χ2n) is 7.59. The Morgan fingerprint density at radius 1 is 1.10 bits per heavy atom. The Kier molecular flexibility index (Phi) is 6.40. The van der Waals surface area contributed by atoms with Crippen LogP contribution < -0.4 is 10.6 Å². The van der Waals surface area contributed by atoms with Gasteiger partial charge in [-0.1, -0.05) is 0 Å². The van der Waals surface area contributed by atoms with Crippen molar-refractivity contribution in [3.63, 3.8) is 0 Å². The van der Waals surface area contributed by atoms with Crippen LogP contribution in [0.3, 0.4) is 0 Å². The van der Waals surface area contributed by atoms with E-state index in [-0.39, 0.29) is 5.91 Å². The Bertz CT molecular complexity index is 985. The molecule has 30 heavy (non-hydrogen) atoms. The van der Waals surface area contributed by atoms with E-state index in [1.165, 1.54) is 38.5 Å². The van der Waals surface area contributed by atoms with Crippen LogP contribution in [-0.4, -0.2) is 28.5 Å². The second-order valence-corrected chi connectivity index (χ2v) is 7.59. The van der Waals surface area contributed by atoms with E-state index in [9.17, 15) is 14.4 Å². The van der Waals surface area contributed by atoms with Gasteiger partial charge in [-0.2, -0.15) is 0 Å². The molecular formula is C23H27N3O4. The number of benzene rings is 1. The van der Waals surface area contributed by atoms with E-state index in [2.05, 4.69) is 28.2 Å².